The molecule has 1 aliphatic heterocycles. The Kier molecular flexibility index (Phi) is 4.73. The number of nitrogens with one attached hydrogen (secondary N) is 1. The minimum absolute atomic E-state index is 0.164. The highest BCUT2D eigenvalue weighted by Gasteiger charge is 2.37. The summed E-state index contributed by atoms with van der Waals surface area (Å²) < 4.78 is 36.0. The largest absolute Gasteiger partial charge is 0.492 e. The molecule has 0 spiro atoms. The maximum absolute atomic E-state index is 12.9. The van der Waals surface area contributed by atoms with Gasteiger partial charge in [0.05, 0.1) is 12.7 Å². The van der Waals surface area contributed by atoms with Gasteiger partial charge in [0.1, 0.15) is 10.6 Å². The predicted octanol–water partition coefficient (Wildman–Crippen LogP) is 1.33. The summed E-state index contributed by atoms with van der Waals surface area (Å²) in [6, 6.07) is 6.56. The van der Waals surface area contributed by atoms with Gasteiger partial charge in [0.2, 0.25) is 10.0 Å². The Morgan fingerprint density at radius 2 is 2.19 bits per heavy atom. The molecule has 2 N–H and O–H groups in total. The average Bonchev–Trinajstić information content (AvgIpc) is 3.24. The van der Waals surface area contributed by atoms with Gasteiger partial charge in [0.15, 0.2) is 0 Å². The molecule has 1 saturated carbocycles. The summed E-state index contributed by atoms with van der Waals surface area (Å²) in [7, 11) is -3.76. The zero-order valence-electron chi connectivity index (χ0n) is 14.4. The molecule has 7 nitrogen and oxygen atoms in total. The third-order valence-electron chi connectivity index (χ3n) is 5.12. The van der Waals surface area contributed by atoms with Crippen molar-refractivity contribution in [3.8, 4) is 5.75 Å². The number of para-hydroxylation sites is 1. The van der Waals surface area contributed by atoms with E-state index < -0.39 is 22.2 Å². The molecular weight excluding hydrogens is 354 g/mol. The highest BCUT2D eigenvalue weighted by molar-refractivity contribution is 7.89. The molecule has 8 heteroatoms. The number of rotatable bonds is 5. The minimum Gasteiger partial charge on any atom is -0.492 e. The topological polar surface area (TPSA) is 93.5 Å². The fourth-order valence-electron chi connectivity index (χ4n) is 3.90. The highest BCUT2D eigenvalue weighted by atomic mass is 32.2. The molecule has 4 rings (SSSR count). The smallest absolute Gasteiger partial charge is 0.244 e. The molecule has 140 valence electrons. The van der Waals surface area contributed by atoms with Crippen LogP contribution in [-0.4, -0.2) is 42.1 Å². The Labute approximate surface area is 153 Å². The quantitative estimate of drug-likeness (QED) is 0.820. The van der Waals surface area contributed by atoms with E-state index in [0.717, 1.165) is 18.4 Å². The predicted molar refractivity (Wildman–Crippen MR) is 95.3 cm³/mol. The van der Waals surface area contributed by atoms with Crippen LogP contribution in [0.2, 0.25) is 0 Å². The minimum atomic E-state index is -3.76. The number of aliphatic hydroxyl groups is 1. The molecule has 26 heavy (non-hydrogen) atoms. The fraction of sp³-hybridized carbons (Fsp3) is 0.500. The Morgan fingerprint density at radius 3 is 3.00 bits per heavy atom. The van der Waals surface area contributed by atoms with Gasteiger partial charge in [0.25, 0.3) is 0 Å². The molecular formula is C18H23N3O4S. The molecule has 0 bridgehead atoms. The Bertz CT molecular complexity index is 867. The lowest BCUT2D eigenvalue weighted by atomic mass is 10.1. The lowest BCUT2D eigenvalue weighted by molar-refractivity contribution is 0.154. The van der Waals surface area contributed by atoms with E-state index in [4.69, 9.17) is 4.74 Å². The van der Waals surface area contributed by atoms with Crippen molar-refractivity contribution < 1.29 is 18.3 Å². The summed E-state index contributed by atoms with van der Waals surface area (Å²) in [4.78, 5) is 0.164. The lowest BCUT2D eigenvalue weighted by Gasteiger charge is -2.22. The van der Waals surface area contributed by atoms with Crippen molar-refractivity contribution in [1.29, 1.82) is 0 Å². The van der Waals surface area contributed by atoms with Gasteiger partial charge in [0, 0.05) is 25.0 Å². The van der Waals surface area contributed by atoms with E-state index in [9.17, 15) is 13.5 Å². The van der Waals surface area contributed by atoms with Crippen LogP contribution in [0, 0.1) is 5.92 Å². The molecule has 1 aromatic heterocycles. The first kappa shape index (κ1) is 17.5. The zero-order valence-corrected chi connectivity index (χ0v) is 15.2. The molecule has 0 radical (unpaired) electrons. The first-order valence-corrected chi connectivity index (χ1v) is 10.4. The SMILES string of the molecule is O=S(=O)(N[C@@H]1CC(Cn2cccn2)C[C@H]1O)c1cccc2c1OCCC2. The van der Waals surface area contributed by atoms with Crippen LogP contribution in [0.25, 0.3) is 0 Å². The highest BCUT2D eigenvalue weighted by Crippen LogP contribution is 2.34. The molecule has 1 fully saturated rings. The van der Waals surface area contributed by atoms with Crippen LogP contribution in [0.3, 0.4) is 0 Å². The third-order valence-corrected chi connectivity index (χ3v) is 6.64. The monoisotopic (exact) mass is 377 g/mol. The normalized spacial score (nSPS) is 25.7. The first-order chi connectivity index (χ1) is 12.5. The van der Waals surface area contributed by atoms with Crippen molar-refractivity contribution in [2.24, 2.45) is 5.92 Å². The number of aryl methyl sites for hydroxylation is 1. The number of aromatic nitrogens is 2. The van der Waals surface area contributed by atoms with Gasteiger partial charge in [-0.1, -0.05) is 12.1 Å². The second-order valence-electron chi connectivity index (χ2n) is 7.06. The summed E-state index contributed by atoms with van der Waals surface area (Å²) in [5.41, 5.74) is 0.919. The number of fused-ring (bicyclic) bond motifs is 1. The van der Waals surface area contributed by atoms with Gasteiger partial charge in [-0.05, 0) is 49.3 Å². The summed E-state index contributed by atoms with van der Waals surface area (Å²) >= 11 is 0. The molecule has 1 aliphatic carbocycles. The van der Waals surface area contributed by atoms with Crippen molar-refractivity contribution in [3.05, 3.63) is 42.2 Å². The zero-order chi connectivity index (χ0) is 18.1. The van der Waals surface area contributed by atoms with E-state index in [1.807, 2.05) is 23.0 Å². The van der Waals surface area contributed by atoms with Crippen LogP contribution in [0.5, 0.6) is 5.75 Å². The van der Waals surface area contributed by atoms with E-state index in [1.165, 1.54) is 0 Å². The van der Waals surface area contributed by atoms with Crippen LogP contribution >= 0.6 is 0 Å². The van der Waals surface area contributed by atoms with E-state index in [-0.39, 0.29) is 10.8 Å². The van der Waals surface area contributed by atoms with E-state index >= 15 is 0 Å². The number of aliphatic hydroxyl groups excluding tert-OH is 1. The Balaban J connectivity index is 1.50. The van der Waals surface area contributed by atoms with Gasteiger partial charge in [-0.3, -0.25) is 4.68 Å². The van der Waals surface area contributed by atoms with Crippen molar-refractivity contribution in [1.82, 2.24) is 14.5 Å². The summed E-state index contributed by atoms with van der Waals surface area (Å²) in [5, 5.41) is 14.5. The third kappa shape index (κ3) is 3.49. The van der Waals surface area contributed by atoms with Crippen LogP contribution < -0.4 is 9.46 Å². The van der Waals surface area contributed by atoms with E-state index in [2.05, 4.69) is 9.82 Å². The molecule has 2 heterocycles. The van der Waals surface area contributed by atoms with Crippen LogP contribution in [0.1, 0.15) is 24.8 Å². The molecule has 3 atom stereocenters. The Hall–Kier alpha value is -1.90. The fourth-order valence-corrected chi connectivity index (χ4v) is 5.37. The van der Waals surface area contributed by atoms with Crippen molar-refractivity contribution in [2.75, 3.05) is 6.61 Å². The molecule has 0 saturated heterocycles. The maximum Gasteiger partial charge on any atom is 0.244 e. The number of ether oxygens (including phenoxy) is 1. The van der Waals surface area contributed by atoms with Crippen molar-refractivity contribution in [3.63, 3.8) is 0 Å². The van der Waals surface area contributed by atoms with Gasteiger partial charge >= 0.3 is 0 Å². The maximum atomic E-state index is 12.9. The molecule has 2 aliphatic rings. The molecule has 1 aromatic carbocycles. The van der Waals surface area contributed by atoms with Crippen molar-refractivity contribution in [2.45, 2.75) is 49.3 Å². The second kappa shape index (κ2) is 7.02. The summed E-state index contributed by atoms with van der Waals surface area (Å²) in [6.45, 7) is 1.20. The molecule has 0 amide bonds. The summed E-state index contributed by atoms with van der Waals surface area (Å²) in [5.74, 6) is 0.630. The second-order valence-corrected chi connectivity index (χ2v) is 8.74. The number of nitrogens with zero attached hydrogens (tertiary/aromatic N) is 2. The van der Waals surface area contributed by atoms with Crippen LogP contribution in [0.15, 0.2) is 41.6 Å². The number of hydrogen-bond donors (Lipinski definition) is 2. The Morgan fingerprint density at radius 1 is 1.31 bits per heavy atom. The van der Waals surface area contributed by atoms with Crippen LogP contribution in [0.4, 0.5) is 0 Å². The molecule has 2 aromatic rings. The average molecular weight is 377 g/mol. The molecule has 1 unspecified atom stereocenters. The van der Waals surface area contributed by atoms with Gasteiger partial charge in [-0.25, -0.2) is 13.1 Å². The number of benzene rings is 1. The lowest BCUT2D eigenvalue weighted by Crippen LogP contribution is -2.40. The van der Waals surface area contributed by atoms with Crippen LogP contribution in [-0.2, 0) is 23.0 Å². The number of sulfonamides is 1. The van der Waals surface area contributed by atoms with Gasteiger partial charge < -0.3 is 9.84 Å². The summed E-state index contributed by atoms with van der Waals surface area (Å²) in [6.07, 6.45) is 5.72. The standard InChI is InChI=1S/C18H23N3O4S/c22-16-11-13(12-21-8-3-7-19-21)10-15(16)20-26(23,24)17-6-1-4-14-5-2-9-25-18(14)17/h1,3-4,6-8,13,15-16,20,22H,2,5,9-12H2/t13?,15-,16-/m1/s1. The van der Waals surface area contributed by atoms with E-state index in [0.29, 0.717) is 31.7 Å². The van der Waals surface area contributed by atoms with E-state index in [1.54, 1.807) is 18.3 Å². The van der Waals surface area contributed by atoms with Gasteiger partial charge in [-0.15, -0.1) is 0 Å². The van der Waals surface area contributed by atoms with Crippen molar-refractivity contribution >= 4 is 10.0 Å². The number of hydrogen-bond acceptors (Lipinski definition) is 5. The first-order valence-electron chi connectivity index (χ1n) is 8.95. The van der Waals surface area contributed by atoms with Gasteiger partial charge in [-0.2, -0.15) is 5.10 Å².